The molecule has 1 aliphatic carbocycles. The van der Waals surface area contributed by atoms with E-state index in [0.717, 1.165) is 37.7 Å². The Morgan fingerprint density at radius 3 is 2.23 bits per heavy atom. The van der Waals surface area contributed by atoms with Crippen molar-refractivity contribution < 1.29 is 23.9 Å². The highest BCUT2D eigenvalue weighted by Gasteiger charge is 2.38. The van der Waals surface area contributed by atoms with Gasteiger partial charge in [0.25, 0.3) is 0 Å². The van der Waals surface area contributed by atoms with Gasteiger partial charge in [-0.15, -0.1) is 0 Å². The molecule has 0 spiro atoms. The van der Waals surface area contributed by atoms with Crippen molar-refractivity contribution >= 4 is 18.0 Å². The van der Waals surface area contributed by atoms with Crippen molar-refractivity contribution in [3.8, 4) is 0 Å². The number of esters is 1. The van der Waals surface area contributed by atoms with Crippen LogP contribution in [0.2, 0.25) is 0 Å². The molecule has 1 saturated carbocycles. The second-order valence-corrected chi connectivity index (χ2v) is 8.91. The van der Waals surface area contributed by atoms with E-state index in [1.54, 1.807) is 0 Å². The number of rotatable bonds is 7. The van der Waals surface area contributed by atoms with Gasteiger partial charge in [0, 0.05) is 0 Å². The van der Waals surface area contributed by atoms with E-state index in [1.807, 2.05) is 51.1 Å². The van der Waals surface area contributed by atoms with Crippen LogP contribution in [-0.4, -0.2) is 37.2 Å². The summed E-state index contributed by atoms with van der Waals surface area (Å²) in [6, 6.07) is 7.78. The average Bonchev–Trinajstić information content (AvgIpc) is 2.74. The molecule has 2 rings (SSSR count). The molecule has 1 aromatic rings. The highest BCUT2D eigenvalue weighted by atomic mass is 16.5. The Hall–Kier alpha value is -2.57. The van der Waals surface area contributed by atoms with Gasteiger partial charge in [0.1, 0.15) is 18.7 Å². The SMILES string of the molecule is COC(=O)[C@@H](NC(=O)[C@H](NC(=O)OCc1ccccc1)C1CCCCC1)C(C)(C)C. The third-order valence-corrected chi connectivity index (χ3v) is 5.48. The first kappa shape index (κ1) is 23.7. The Kier molecular flexibility index (Phi) is 8.69. The van der Waals surface area contributed by atoms with Crippen molar-refractivity contribution in [1.82, 2.24) is 10.6 Å². The molecule has 0 saturated heterocycles. The third kappa shape index (κ3) is 7.04. The van der Waals surface area contributed by atoms with E-state index in [2.05, 4.69) is 10.6 Å². The second kappa shape index (κ2) is 11.0. The molecule has 30 heavy (non-hydrogen) atoms. The van der Waals surface area contributed by atoms with E-state index in [1.165, 1.54) is 7.11 Å². The number of alkyl carbamates (subject to hydrolysis) is 1. The highest BCUT2D eigenvalue weighted by molar-refractivity contribution is 5.90. The first-order valence-corrected chi connectivity index (χ1v) is 10.6. The lowest BCUT2D eigenvalue weighted by Crippen LogP contribution is -2.58. The maximum atomic E-state index is 13.1. The number of nitrogens with one attached hydrogen (secondary N) is 2. The zero-order valence-corrected chi connectivity index (χ0v) is 18.4. The van der Waals surface area contributed by atoms with Gasteiger partial charge in [0.15, 0.2) is 0 Å². The van der Waals surface area contributed by atoms with Crippen LogP contribution < -0.4 is 10.6 Å². The Morgan fingerprint density at radius 2 is 1.67 bits per heavy atom. The van der Waals surface area contributed by atoms with Gasteiger partial charge in [-0.3, -0.25) is 4.79 Å². The molecule has 1 aromatic carbocycles. The quantitative estimate of drug-likeness (QED) is 0.660. The summed E-state index contributed by atoms with van der Waals surface area (Å²) < 4.78 is 10.2. The summed E-state index contributed by atoms with van der Waals surface area (Å²) in [6.45, 7) is 5.68. The monoisotopic (exact) mass is 418 g/mol. The minimum Gasteiger partial charge on any atom is -0.467 e. The van der Waals surface area contributed by atoms with Crippen LogP contribution in [0.4, 0.5) is 4.79 Å². The molecule has 2 atom stereocenters. The zero-order chi connectivity index (χ0) is 22.1. The zero-order valence-electron chi connectivity index (χ0n) is 18.4. The molecule has 166 valence electrons. The first-order chi connectivity index (χ1) is 14.2. The van der Waals surface area contributed by atoms with Gasteiger partial charge in [-0.25, -0.2) is 9.59 Å². The molecule has 0 heterocycles. The van der Waals surface area contributed by atoms with E-state index in [0.29, 0.717) is 0 Å². The van der Waals surface area contributed by atoms with Crippen LogP contribution in [0, 0.1) is 11.3 Å². The van der Waals surface area contributed by atoms with E-state index in [4.69, 9.17) is 9.47 Å². The van der Waals surface area contributed by atoms with E-state index < -0.39 is 29.6 Å². The molecule has 2 amide bonds. The standard InChI is InChI=1S/C23H34N2O5/c1-23(2,3)19(21(27)29-4)25-20(26)18(17-13-9-6-10-14-17)24-22(28)30-15-16-11-7-5-8-12-16/h5,7-8,11-12,17-19H,6,9-10,13-15H2,1-4H3,(H,24,28)(H,25,26)/t18-,19-/m1/s1. The molecule has 0 unspecified atom stereocenters. The van der Waals surface area contributed by atoms with Crippen molar-refractivity contribution in [3.05, 3.63) is 35.9 Å². The molecular formula is C23H34N2O5. The predicted octanol–water partition coefficient (Wildman–Crippen LogP) is 3.57. The van der Waals surface area contributed by atoms with Crippen molar-refractivity contribution in [2.24, 2.45) is 11.3 Å². The molecule has 2 N–H and O–H groups in total. The fourth-order valence-corrected chi connectivity index (χ4v) is 3.74. The lowest BCUT2D eigenvalue weighted by atomic mass is 9.82. The molecule has 0 aromatic heterocycles. The van der Waals surface area contributed by atoms with E-state index in [9.17, 15) is 14.4 Å². The van der Waals surface area contributed by atoms with Crippen LogP contribution in [0.3, 0.4) is 0 Å². The Morgan fingerprint density at radius 1 is 1.03 bits per heavy atom. The maximum absolute atomic E-state index is 13.1. The largest absolute Gasteiger partial charge is 0.467 e. The van der Waals surface area contributed by atoms with Gasteiger partial charge in [-0.05, 0) is 29.7 Å². The van der Waals surface area contributed by atoms with Gasteiger partial charge < -0.3 is 20.1 Å². The Balaban J connectivity index is 2.08. The van der Waals surface area contributed by atoms with Gasteiger partial charge >= 0.3 is 12.1 Å². The fraction of sp³-hybridized carbons (Fsp3) is 0.609. The second-order valence-electron chi connectivity index (χ2n) is 8.91. The molecule has 7 nitrogen and oxygen atoms in total. The minimum atomic E-state index is -0.816. The number of carbonyl (C=O) groups is 3. The van der Waals surface area contributed by atoms with Gasteiger partial charge in [-0.2, -0.15) is 0 Å². The molecule has 1 aliphatic rings. The smallest absolute Gasteiger partial charge is 0.408 e. The van der Waals surface area contributed by atoms with Crippen LogP contribution in [0.15, 0.2) is 30.3 Å². The average molecular weight is 419 g/mol. The number of methoxy groups -OCH3 is 1. The molecule has 0 radical (unpaired) electrons. The van der Waals surface area contributed by atoms with Crippen LogP contribution in [0.1, 0.15) is 58.4 Å². The summed E-state index contributed by atoms with van der Waals surface area (Å²) in [5.74, 6) is -0.893. The Labute approximate surface area is 178 Å². The molecule has 1 fully saturated rings. The Bertz CT molecular complexity index is 708. The van der Waals surface area contributed by atoms with Crippen molar-refractivity contribution in [1.29, 1.82) is 0 Å². The topological polar surface area (TPSA) is 93.7 Å². The van der Waals surface area contributed by atoms with Gasteiger partial charge in [-0.1, -0.05) is 70.4 Å². The number of amides is 2. The minimum absolute atomic E-state index is 0.00119. The summed E-state index contributed by atoms with van der Waals surface area (Å²) in [4.78, 5) is 37.8. The molecule has 0 bridgehead atoms. The van der Waals surface area contributed by atoms with Crippen LogP contribution >= 0.6 is 0 Å². The van der Waals surface area contributed by atoms with Crippen LogP contribution in [0.25, 0.3) is 0 Å². The molecule has 7 heteroatoms. The summed E-state index contributed by atoms with van der Waals surface area (Å²) in [6.07, 6.45) is 4.18. The van der Waals surface area contributed by atoms with Gasteiger partial charge in [0.2, 0.25) is 5.91 Å². The van der Waals surface area contributed by atoms with Crippen molar-refractivity contribution in [2.75, 3.05) is 7.11 Å². The van der Waals surface area contributed by atoms with Crippen LogP contribution in [-0.2, 0) is 25.7 Å². The van der Waals surface area contributed by atoms with Crippen molar-refractivity contribution in [2.45, 2.75) is 71.6 Å². The lowest BCUT2D eigenvalue weighted by Gasteiger charge is -2.34. The van der Waals surface area contributed by atoms with E-state index in [-0.39, 0.29) is 18.4 Å². The summed E-state index contributed by atoms with van der Waals surface area (Å²) in [7, 11) is 1.30. The summed E-state index contributed by atoms with van der Waals surface area (Å²) in [5, 5.41) is 5.55. The number of benzene rings is 1. The fourth-order valence-electron chi connectivity index (χ4n) is 3.74. The number of hydrogen-bond acceptors (Lipinski definition) is 5. The normalized spacial score (nSPS) is 16.8. The summed E-state index contributed by atoms with van der Waals surface area (Å²) in [5.41, 5.74) is 0.332. The van der Waals surface area contributed by atoms with Crippen LogP contribution in [0.5, 0.6) is 0 Å². The van der Waals surface area contributed by atoms with Gasteiger partial charge in [0.05, 0.1) is 7.11 Å². The highest BCUT2D eigenvalue weighted by Crippen LogP contribution is 2.28. The third-order valence-electron chi connectivity index (χ3n) is 5.48. The number of hydrogen-bond donors (Lipinski definition) is 2. The van der Waals surface area contributed by atoms with Crippen molar-refractivity contribution in [3.63, 3.8) is 0 Å². The molecular weight excluding hydrogens is 384 g/mol. The first-order valence-electron chi connectivity index (χ1n) is 10.6. The predicted molar refractivity (Wildman–Crippen MR) is 114 cm³/mol. The maximum Gasteiger partial charge on any atom is 0.408 e. The van der Waals surface area contributed by atoms with E-state index >= 15 is 0 Å². The summed E-state index contributed by atoms with van der Waals surface area (Å²) >= 11 is 0. The lowest BCUT2D eigenvalue weighted by molar-refractivity contribution is -0.148. The number of ether oxygens (including phenoxy) is 2. The number of carbonyl (C=O) groups excluding carboxylic acids is 3. The molecule has 0 aliphatic heterocycles.